The molecule has 0 amide bonds. The second-order valence-electron chi connectivity index (χ2n) is 2.62. The monoisotopic (exact) mass is 230 g/mol. The average molecular weight is 230 g/mol. The van der Waals surface area contributed by atoms with Crippen LogP contribution in [-0.2, 0) is 0 Å². The third kappa shape index (κ3) is 4.38. The Balaban J connectivity index is 1.97. The minimum atomic E-state index is 0.694. The predicted octanol–water partition coefficient (Wildman–Crippen LogP) is 1.04. The molecule has 14 heavy (non-hydrogen) atoms. The van der Waals surface area contributed by atoms with Crippen molar-refractivity contribution in [2.75, 3.05) is 25.5 Å². The van der Waals surface area contributed by atoms with Gasteiger partial charge < -0.3 is 16.0 Å². The van der Waals surface area contributed by atoms with Crippen LogP contribution in [0.25, 0.3) is 0 Å². The Hall–Kier alpha value is -0.880. The Kier molecular flexibility index (Phi) is 5.24. The van der Waals surface area contributed by atoms with Crippen LogP contribution in [-0.4, -0.2) is 30.2 Å². The van der Waals surface area contributed by atoms with Crippen molar-refractivity contribution >= 4 is 33.8 Å². The molecule has 0 aliphatic rings. The normalized spacial score (nSPS) is 9.50. The lowest BCUT2D eigenvalue weighted by atomic mass is 10.4. The van der Waals surface area contributed by atoms with Crippen molar-refractivity contribution in [3.63, 3.8) is 0 Å². The van der Waals surface area contributed by atoms with E-state index >= 15 is 0 Å². The highest BCUT2D eigenvalue weighted by atomic mass is 32.1. The van der Waals surface area contributed by atoms with E-state index in [-0.39, 0.29) is 0 Å². The molecule has 1 heterocycles. The van der Waals surface area contributed by atoms with Crippen molar-refractivity contribution in [1.29, 1.82) is 0 Å². The van der Waals surface area contributed by atoms with Crippen LogP contribution in [0.2, 0.25) is 0 Å². The topological polar surface area (TPSA) is 49.0 Å². The lowest BCUT2D eigenvalue weighted by molar-refractivity contribution is 0.795. The molecule has 0 spiro atoms. The highest BCUT2D eigenvalue weighted by Crippen LogP contribution is 2.09. The summed E-state index contributed by atoms with van der Waals surface area (Å²) in [6, 6.07) is 0. The first kappa shape index (κ1) is 11.2. The Labute approximate surface area is 93.1 Å². The summed E-state index contributed by atoms with van der Waals surface area (Å²) in [5.41, 5.74) is 0. The number of nitrogens with one attached hydrogen (secondary N) is 3. The van der Waals surface area contributed by atoms with Gasteiger partial charge in [0.15, 0.2) is 10.2 Å². The Morgan fingerprint density at radius 2 is 2.43 bits per heavy atom. The maximum Gasteiger partial charge on any atom is 0.182 e. The van der Waals surface area contributed by atoms with E-state index in [0.717, 1.165) is 24.6 Å². The molecule has 0 aliphatic heterocycles. The van der Waals surface area contributed by atoms with E-state index in [4.69, 9.17) is 12.2 Å². The van der Waals surface area contributed by atoms with Crippen LogP contribution >= 0.6 is 23.6 Å². The molecular formula is C8H14N4S2. The second-order valence-corrected chi connectivity index (χ2v) is 3.93. The zero-order chi connectivity index (χ0) is 10.2. The Morgan fingerprint density at radius 1 is 1.57 bits per heavy atom. The SMILES string of the molecule is CNC(=S)NCCCNc1nccs1. The molecule has 0 saturated carbocycles. The van der Waals surface area contributed by atoms with Gasteiger partial charge in [-0.2, -0.15) is 0 Å². The van der Waals surface area contributed by atoms with Crippen LogP contribution in [0.4, 0.5) is 5.13 Å². The van der Waals surface area contributed by atoms with Gasteiger partial charge in [-0.15, -0.1) is 11.3 Å². The zero-order valence-electron chi connectivity index (χ0n) is 8.04. The van der Waals surface area contributed by atoms with Crippen molar-refractivity contribution in [1.82, 2.24) is 15.6 Å². The zero-order valence-corrected chi connectivity index (χ0v) is 9.67. The summed E-state index contributed by atoms with van der Waals surface area (Å²) in [6.07, 6.45) is 2.81. The average Bonchev–Trinajstić information content (AvgIpc) is 2.69. The molecule has 0 saturated heterocycles. The Bertz CT molecular complexity index is 260. The molecule has 0 aromatic carbocycles. The number of hydrogen-bond acceptors (Lipinski definition) is 4. The first-order valence-electron chi connectivity index (χ1n) is 4.42. The van der Waals surface area contributed by atoms with Crippen molar-refractivity contribution in [3.8, 4) is 0 Å². The van der Waals surface area contributed by atoms with Crippen LogP contribution in [0.15, 0.2) is 11.6 Å². The van der Waals surface area contributed by atoms with Gasteiger partial charge in [0.25, 0.3) is 0 Å². The maximum absolute atomic E-state index is 4.93. The molecule has 0 radical (unpaired) electrons. The van der Waals surface area contributed by atoms with Crippen LogP contribution in [0.1, 0.15) is 6.42 Å². The molecular weight excluding hydrogens is 216 g/mol. The summed E-state index contributed by atoms with van der Waals surface area (Å²) >= 11 is 6.54. The molecule has 0 fully saturated rings. The van der Waals surface area contributed by atoms with Crippen molar-refractivity contribution in [2.24, 2.45) is 0 Å². The minimum absolute atomic E-state index is 0.694. The number of rotatable bonds is 5. The fourth-order valence-electron chi connectivity index (χ4n) is 0.885. The molecule has 4 nitrogen and oxygen atoms in total. The second kappa shape index (κ2) is 6.56. The molecule has 1 rings (SSSR count). The highest BCUT2D eigenvalue weighted by Gasteiger charge is 1.93. The third-order valence-corrected chi connectivity index (χ3v) is 2.65. The van der Waals surface area contributed by atoms with Gasteiger partial charge in [0, 0.05) is 31.7 Å². The molecule has 0 unspecified atom stereocenters. The van der Waals surface area contributed by atoms with Gasteiger partial charge >= 0.3 is 0 Å². The molecule has 78 valence electrons. The third-order valence-electron chi connectivity index (χ3n) is 1.57. The van der Waals surface area contributed by atoms with E-state index < -0.39 is 0 Å². The standard InChI is InChI=1S/C8H14N4S2/c1-9-7(13)10-3-2-4-11-8-12-5-6-14-8/h5-6H,2-4H2,1H3,(H,11,12)(H2,9,10,13). The summed E-state index contributed by atoms with van der Waals surface area (Å²) < 4.78 is 0. The van der Waals surface area contributed by atoms with Gasteiger partial charge in [-0.05, 0) is 18.6 Å². The van der Waals surface area contributed by atoms with Crippen molar-refractivity contribution < 1.29 is 0 Å². The molecule has 0 atom stereocenters. The fraction of sp³-hybridized carbons (Fsp3) is 0.500. The number of hydrogen-bond donors (Lipinski definition) is 3. The molecule has 6 heteroatoms. The van der Waals surface area contributed by atoms with E-state index in [2.05, 4.69) is 20.9 Å². The van der Waals surface area contributed by atoms with Gasteiger partial charge in [-0.3, -0.25) is 0 Å². The summed E-state index contributed by atoms with van der Waals surface area (Å²) in [5, 5.41) is 12.8. The van der Waals surface area contributed by atoms with Gasteiger partial charge in [0.1, 0.15) is 0 Å². The molecule has 0 aliphatic carbocycles. The number of thiazole rings is 1. The minimum Gasteiger partial charge on any atom is -0.366 e. The summed E-state index contributed by atoms with van der Waals surface area (Å²) in [5.74, 6) is 0. The largest absolute Gasteiger partial charge is 0.366 e. The number of aromatic nitrogens is 1. The van der Waals surface area contributed by atoms with Crippen LogP contribution < -0.4 is 16.0 Å². The Morgan fingerprint density at radius 3 is 3.07 bits per heavy atom. The van der Waals surface area contributed by atoms with Gasteiger partial charge in [0.2, 0.25) is 0 Å². The predicted molar refractivity (Wildman–Crippen MR) is 64.9 cm³/mol. The van der Waals surface area contributed by atoms with Crippen molar-refractivity contribution in [3.05, 3.63) is 11.6 Å². The van der Waals surface area contributed by atoms with Crippen molar-refractivity contribution in [2.45, 2.75) is 6.42 Å². The van der Waals surface area contributed by atoms with Gasteiger partial charge in [-0.25, -0.2) is 4.98 Å². The summed E-state index contributed by atoms with van der Waals surface area (Å²) in [4.78, 5) is 4.11. The molecule has 0 bridgehead atoms. The maximum atomic E-state index is 4.93. The number of thiocarbonyl (C=S) groups is 1. The van der Waals surface area contributed by atoms with E-state index in [1.54, 1.807) is 17.5 Å². The number of nitrogens with zero attached hydrogens (tertiary/aromatic N) is 1. The van der Waals surface area contributed by atoms with Crippen LogP contribution in [0.5, 0.6) is 0 Å². The van der Waals surface area contributed by atoms with E-state index in [9.17, 15) is 0 Å². The van der Waals surface area contributed by atoms with Gasteiger partial charge in [-0.1, -0.05) is 0 Å². The van der Waals surface area contributed by atoms with Crippen LogP contribution in [0.3, 0.4) is 0 Å². The summed E-state index contributed by atoms with van der Waals surface area (Å²) in [7, 11) is 1.81. The van der Waals surface area contributed by atoms with E-state index in [0.29, 0.717) is 5.11 Å². The highest BCUT2D eigenvalue weighted by molar-refractivity contribution is 7.80. The summed E-state index contributed by atoms with van der Waals surface area (Å²) in [6.45, 7) is 1.78. The van der Waals surface area contributed by atoms with Gasteiger partial charge in [0.05, 0.1) is 0 Å². The quantitative estimate of drug-likeness (QED) is 0.521. The fourth-order valence-corrected chi connectivity index (χ4v) is 1.54. The lowest BCUT2D eigenvalue weighted by Gasteiger charge is -2.06. The lowest BCUT2D eigenvalue weighted by Crippen LogP contribution is -2.33. The first-order chi connectivity index (χ1) is 6.83. The molecule has 1 aromatic heterocycles. The van der Waals surface area contributed by atoms with Crippen LogP contribution in [0, 0.1) is 0 Å². The first-order valence-corrected chi connectivity index (χ1v) is 5.70. The molecule has 3 N–H and O–H groups in total. The smallest absolute Gasteiger partial charge is 0.182 e. The number of anilines is 1. The molecule has 1 aromatic rings. The van der Waals surface area contributed by atoms with E-state index in [1.165, 1.54) is 0 Å². The van der Waals surface area contributed by atoms with E-state index in [1.807, 2.05) is 12.4 Å².